The molecule has 8 N–H and O–H groups in total. The van der Waals surface area contributed by atoms with Crippen molar-refractivity contribution in [2.75, 3.05) is 10.0 Å². The summed E-state index contributed by atoms with van der Waals surface area (Å²) >= 11 is 0. The highest BCUT2D eigenvalue weighted by Crippen LogP contribution is 2.22. The standard InChI is InChI=1S/C9H11N6O3/c10-8(17)14(12)6-1-5(4-16)2-7(3-6)15(13)9(11)18/h1-3H,12-13H2,(H2,10,17)(H2,11,18). The number of hydrazine groups is 2. The van der Waals surface area contributed by atoms with E-state index in [1.165, 1.54) is 18.2 Å². The van der Waals surface area contributed by atoms with E-state index < -0.39 is 12.1 Å². The van der Waals surface area contributed by atoms with Crippen LogP contribution in [0.15, 0.2) is 18.2 Å². The minimum absolute atomic E-state index is 0.0240. The van der Waals surface area contributed by atoms with E-state index in [0.29, 0.717) is 10.0 Å². The van der Waals surface area contributed by atoms with Gasteiger partial charge in [-0.3, -0.25) is 4.79 Å². The van der Waals surface area contributed by atoms with Crippen molar-refractivity contribution in [3.8, 4) is 0 Å². The van der Waals surface area contributed by atoms with Crippen molar-refractivity contribution >= 4 is 29.7 Å². The lowest BCUT2D eigenvalue weighted by Gasteiger charge is -2.18. The Labute approximate surface area is 102 Å². The minimum atomic E-state index is -0.952. The first kappa shape index (κ1) is 13.4. The predicted molar refractivity (Wildman–Crippen MR) is 63.7 cm³/mol. The number of hydrogen-bond donors (Lipinski definition) is 4. The van der Waals surface area contributed by atoms with Crippen molar-refractivity contribution in [2.24, 2.45) is 23.2 Å². The van der Waals surface area contributed by atoms with E-state index in [2.05, 4.69) is 0 Å². The first-order valence-corrected chi connectivity index (χ1v) is 4.58. The molecule has 0 saturated heterocycles. The number of amides is 4. The van der Waals surface area contributed by atoms with Crippen molar-refractivity contribution in [2.45, 2.75) is 0 Å². The highest BCUT2D eigenvalue weighted by atomic mass is 16.2. The monoisotopic (exact) mass is 251 g/mol. The fraction of sp³-hybridized carbons (Fsp3) is 0. The zero-order chi connectivity index (χ0) is 13.9. The predicted octanol–water partition coefficient (Wildman–Crippen LogP) is -1.34. The normalized spacial score (nSPS) is 9.67. The van der Waals surface area contributed by atoms with Crippen molar-refractivity contribution < 1.29 is 14.4 Å². The molecule has 0 saturated carbocycles. The van der Waals surface area contributed by atoms with Gasteiger partial charge in [-0.05, 0) is 18.2 Å². The third-order valence-corrected chi connectivity index (χ3v) is 2.05. The molecule has 9 heteroatoms. The summed E-state index contributed by atoms with van der Waals surface area (Å²) in [6.07, 6.45) is 1.58. The van der Waals surface area contributed by atoms with Crippen LogP contribution in [0, 0.1) is 0 Å². The maximum absolute atomic E-state index is 10.9. The zero-order valence-corrected chi connectivity index (χ0v) is 9.16. The molecule has 0 atom stereocenters. The molecule has 18 heavy (non-hydrogen) atoms. The van der Waals surface area contributed by atoms with Gasteiger partial charge in [0.2, 0.25) is 6.29 Å². The SMILES string of the molecule is NC(=O)N(N)c1cc([C]=O)cc(N(N)C(N)=O)c1. The molecule has 0 spiro atoms. The van der Waals surface area contributed by atoms with Crippen LogP contribution in [-0.4, -0.2) is 18.3 Å². The van der Waals surface area contributed by atoms with Gasteiger partial charge in [-0.25, -0.2) is 31.3 Å². The van der Waals surface area contributed by atoms with Gasteiger partial charge in [0.25, 0.3) is 0 Å². The van der Waals surface area contributed by atoms with Crippen molar-refractivity contribution in [1.82, 2.24) is 0 Å². The molecular formula is C9H11N6O3. The van der Waals surface area contributed by atoms with Crippen molar-refractivity contribution in [3.05, 3.63) is 23.8 Å². The second-order valence-electron chi connectivity index (χ2n) is 3.26. The van der Waals surface area contributed by atoms with Gasteiger partial charge < -0.3 is 11.5 Å². The number of nitrogens with zero attached hydrogens (tertiary/aromatic N) is 2. The van der Waals surface area contributed by atoms with E-state index in [9.17, 15) is 14.4 Å². The summed E-state index contributed by atoms with van der Waals surface area (Å²) in [6.45, 7) is 0. The molecule has 0 aromatic heterocycles. The highest BCUT2D eigenvalue weighted by Gasteiger charge is 2.14. The summed E-state index contributed by atoms with van der Waals surface area (Å²) in [5.41, 5.74) is 10.1. The number of anilines is 2. The smallest absolute Gasteiger partial charge is 0.333 e. The number of carbonyl (C=O) groups excluding carboxylic acids is 3. The second-order valence-corrected chi connectivity index (χ2v) is 3.26. The van der Waals surface area contributed by atoms with Crippen LogP contribution >= 0.6 is 0 Å². The fourth-order valence-corrected chi connectivity index (χ4v) is 1.19. The van der Waals surface area contributed by atoms with Crippen LogP contribution < -0.4 is 33.2 Å². The Kier molecular flexibility index (Phi) is 3.82. The van der Waals surface area contributed by atoms with E-state index in [1.54, 1.807) is 6.29 Å². The molecule has 1 rings (SSSR count). The first-order valence-electron chi connectivity index (χ1n) is 4.58. The third kappa shape index (κ3) is 2.72. The van der Waals surface area contributed by atoms with Crippen LogP contribution in [0.4, 0.5) is 21.0 Å². The minimum Gasteiger partial charge on any atom is -0.350 e. The molecule has 0 bridgehead atoms. The lowest BCUT2D eigenvalue weighted by atomic mass is 10.2. The Morgan fingerprint density at radius 2 is 1.33 bits per heavy atom. The van der Waals surface area contributed by atoms with E-state index in [-0.39, 0.29) is 16.9 Å². The number of carbonyl (C=O) groups is 2. The average Bonchev–Trinajstić information content (AvgIpc) is 2.35. The van der Waals surface area contributed by atoms with E-state index in [1.807, 2.05) is 0 Å². The Hall–Kier alpha value is -2.65. The molecule has 1 radical (unpaired) electrons. The Morgan fingerprint density at radius 1 is 0.944 bits per heavy atom. The van der Waals surface area contributed by atoms with E-state index in [4.69, 9.17) is 23.2 Å². The zero-order valence-electron chi connectivity index (χ0n) is 9.16. The summed E-state index contributed by atoms with van der Waals surface area (Å²) in [4.78, 5) is 32.4. The molecule has 1 aromatic rings. The van der Waals surface area contributed by atoms with Gasteiger partial charge in [0.05, 0.1) is 11.4 Å². The molecule has 95 valence electrons. The third-order valence-electron chi connectivity index (χ3n) is 2.05. The van der Waals surface area contributed by atoms with Gasteiger partial charge >= 0.3 is 12.1 Å². The summed E-state index contributed by atoms with van der Waals surface area (Å²) in [7, 11) is 0. The van der Waals surface area contributed by atoms with E-state index >= 15 is 0 Å². The summed E-state index contributed by atoms with van der Waals surface area (Å²) in [5, 5.41) is 1.17. The number of nitrogens with two attached hydrogens (primary N) is 4. The van der Waals surface area contributed by atoms with Crippen LogP contribution in [0.3, 0.4) is 0 Å². The van der Waals surface area contributed by atoms with E-state index in [0.717, 1.165) is 0 Å². The van der Waals surface area contributed by atoms with Crippen LogP contribution in [0.1, 0.15) is 5.56 Å². The fourth-order valence-electron chi connectivity index (χ4n) is 1.19. The molecule has 0 aliphatic carbocycles. The first-order chi connectivity index (χ1) is 8.36. The largest absolute Gasteiger partial charge is 0.350 e. The number of urea groups is 2. The second kappa shape index (κ2) is 5.12. The maximum atomic E-state index is 10.9. The molecule has 0 fully saturated rings. The van der Waals surface area contributed by atoms with Gasteiger partial charge in [0, 0.05) is 5.56 Å². The molecule has 0 unspecified atom stereocenters. The van der Waals surface area contributed by atoms with Gasteiger partial charge in [0.1, 0.15) is 0 Å². The summed E-state index contributed by atoms with van der Waals surface area (Å²) in [5.74, 6) is 10.7. The Morgan fingerprint density at radius 3 is 1.61 bits per heavy atom. The van der Waals surface area contributed by atoms with Crippen molar-refractivity contribution in [3.63, 3.8) is 0 Å². The van der Waals surface area contributed by atoms with Crippen LogP contribution in [0.2, 0.25) is 0 Å². The van der Waals surface area contributed by atoms with Crippen LogP contribution in [0.25, 0.3) is 0 Å². The number of primary amides is 2. The molecule has 0 aliphatic rings. The molecule has 0 heterocycles. The Bertz CT molecular complexity index is 465. The van der Waals surface area contributed by atoms with Gasteiger partial charge in [0.15, 0.2) is 0 Å². The molecule has 9 nitrogen and oxygen atoms in total. The summed E-state index contributed by atoms with van der Waals surface area (Å²) < 4.78 is 0. The van der Waals surface area contributed by atoms with Gasteiger partial charge in [-0.1, -0.05) is 0 Å². The lowest BCUT2D eigenvalue weighted by Crippen LogP contribution is -2.43. The molecular weight excluding hydrogens is 240 g/mol. The number of hydrogen-bond acceptors (Lipinski definition) is 5. The maximum Gasteiger partial charge on any atom is 0.333 e. The number of benzene rings is 1. The highest BCUT2D eigenvalue weighted by molar-refractivity contribution is 5.95. The molecule has 4 amide bonds. The van der Waals surface area contributed by atoms with Crippen molar-refractivity contribution in [1.29, 1.82) is 0 Å². The molecule has 0 aliphatic heterocycles. The van der Waals surface area contributed by atoms with Crippen LogP contribution in [-0.2, 0) is 4.79 Å². The summed E-state index contributed by atoms with van der Waals surface area (Å²) in [6, 6.07) is 1.85. The van der Waals surface area contributed by atoms with Gasteiger partial charge in [-0.2, -0.15) is 0 Å². The van der Waals surface area contributed by atoms with Crippen LogP contribution in [0.5, 0.6) is 0 Å². The topological polar surface area (TPSA) is 162 Å². The quantitative estimate of drug-likeness (QED) is 0.296. The Balaban J connectivity index is 3.29. The number of rotatable bonds is 3. The lowest BCUT2D eigenvalue weighted by molar-refractivity contribution is 0.253. The van der Waals surface area contributed by atoms with Gasteiger partial charge in [-0.15, -0.1) is 0 Å². The molecule has 1 aromatic carbocycles. The average molecular weight is 251 g/mol.